The molecule has 168 valence electrons. The predicted octanol–water partition coefficient (Wildman–Crippen LogP) is 5.76. The first kappa shape index (κ1) is 23.6. The Morgan fingerprint density at radius 3 is 2.71 bits per heavy atom. The molecule has 1 heterocycles. The predicted molar refractivity (Wildman–Crippen MR) is 127 cm³/mol. The molecule has 2 aromatic rings. The van der Waals surface area contributed by atoms with Crippen LogP contribution in [0.3, 0.4) is 0 Å². The largest absolute Gasteiger partial charge is 0.481 e. The topological polar surface area (TPSA) is 81.4 Å². The van der Waals surface area contributed by atoms with Crippen LogP contribution in [-0.4, -0.2) is 17.9 Å². The van der Waals surface area contributed by atoms with Gasteiger partial charge in [-0.05, 0) is 73.8 Å². The van der Waals surface area contributed by atoms with Gasteiger partial charge in [-0.25, -0.2) is 0 Å². The van der Waals surface area contributed by atoms with Crippen molar-refractivity contribution in [3.05, 3.63) is 44.8 Å². The minimum atomic E-state index is -0.744. The zero-order valence-corrected chi connectivity index (χ0v) is 20.4. The lowest BCUT2D eigenvalue weighted by molar-refractivity contribution is -0.122. The van der Waals surface area contributed by atoms with Crippen LogP contribution in [0.2, 0.25) is 5.02 Å². The van der Waals surface area contributed by atoms with E-state index in [2.05, 4.69) is 26.1 Å². The second-order valence-corrected chi connectivity index (χ2v) is 10.6. The number of ether oxygens (including phenoxy) is 1. The first-order valence-electron chi connectivity index (χ1n) is 10.7. The van der Waals surface area contributed by atoms with Gasteiger partial charge in [0, 0.05) is 9.90 Å². The molecule has 0 saturated heterocycles. The van der Waals surface area contributed by atoms with E-state index in [9.17, 15) is 9.59 Å². The van der Waals surface area contributed by atoms with Crippen molar-refractivity contribution in [2.75, 3.05) is 5.32 Å². The van der Waals surface area contributed by atoms with E-state index < -0.39 is 12.0 Å². The third-order valence-corrected chi connectivity index (χ3v) is 7.98. The highest BCUT2D eigenvalue weighted by Gasteiger charge is 2.35. The van der Waals surface area contributed by atoms with E-state index in [1.54, 1.807) is 25.1 Å². The fraction of sp³-hybridized carbons (Fsp3) is 0.500. The van der Waals surface area contributed by atoms with Gasteiger partial charge in [0.2, 0.25) is 0 Å². The van der Waals surface area contributed by atoms with Crippen LogP contribution in [0.1, 0.15) is 66.9 Å². The number of nitrogens with two attached hydrogens (primary N) is 1. The fourth-order valence-corrected chi connectivity index (χ4v) is 5.66. The van der Waals surface area contributed by atoms with Gasteiger partial charge in [-0.2, -0.15) is 0 Å². The van der Waals surface area contributed by atoms with Gasteiger partial charge in [0.25, 0.3) is 11.8 Å². The van der Waals surface area contributed by atoms with E-state index in [1.165, 1.54) is 11.3 Å². The smallest absolute Gasteiger partial charge is 0.265 e. The summed E-state index contributed by atoms with van der Waals surface area (Å²) in [5, 5.41) is 4.04. The Morgan fingerprint density at radius 2 is 2.10 bits per heavy atom. The van der Waals surface area contributed by atoms with Gasteiger partial charge in [0.1, 0.15) is 10.8 Å². The standard InChI is InChI=1S/C24H31ClN2O3S/c1-6-24(4,5)15-7-9-17-19(12-15)31-23(20(17)21(26)28)27-22(29)14(3)30-18-10-8-16(25)11-13(18)2/h8,10-11,14-15H,6-7,9,12H2,1-5H3,(H2,26,28)(H,27,29). The van der Waals surface area contributed by atoms with Crippen LogP contribution in [0.4, 0.5) is 5.00 Å². The van der Waals surface area contributed by atoms with Crippen molar-refractivity contribution in [3.8, 4) is 5.75 Å². The Balaban J connectivity index is 1.80. The van der Waals surface area contributed by atoms with E-state index in [4.69, 9.17) is 22.1 Å². The molecule has 0 fully saturated rings. The van der Waals surface area contributed by atoms with E-state index >= 15 is 0 Å². The summed E-state index contributed by atoms with van der Waals surface area (Å²) in [6.07, 6.45) is 3.10. The molecule has 2 unspecified atom stereocenters. The summed E-state index contributed by atoms with van der Waals surface area (Å²) in [6.45, 7) is 10.4. The van der Waals surface area contributed by atoms with Gasteiger partial charge in [-0.15, -0.1) is 11.3 Å². The number of rotatable bonds is 7. The SMILES string of the molecule is CCC(C)(C)C1CCc2c(sc(NC(=O)C(C)Oc3ccc(Cl)cc3C)c2C(N)=O)C1. The highest BCUT2D eigenvalue weighted by atomic mass is 35.5. The summed E-state index contributed by atoms with van der Waals surface area (Å²) in [5.74, 6) is 0.323. The Labute approximate surface area is 193 Å². The lowest BCUT2D eigenvalue weighted by atomic mass is 9.69. The molecule has 2 amide bonds. The zero-order chi connectivity index (χ0) is 22.9. The molecule has 31 heavy (non-hydrogen) atoms. The minimum Gasteiger partial charge on any atom is -0.481 e. The van der Waals surface area contributed by atoms with Gasteiger partial charge < -0.3 is 15.8 Å². The number of nitrogens with one attached hydrogen (secondary N) is 1. The van der Waals surface area contributed by atoms with Crippen LogP contribution in [0.5, 0.6) is 5.75 Å². The van der Waals surface area contributed by atoms with Crippen LogP contribution in [0.25, 0.3) is 0 Å². The third-order valence-electron chi connectivity index (χ3n) is 6.57. The number of fused-ring (bicyclic) bond motifs is 1. The average molecular weight is 463 g/mol. The maximum Gasteiger partial charge on any atom is 0.265 e. The first-order valence-corrected chi connectivity index (χ1v) is 11.9. The van der Waals surface area contributed by atoms with E-state index in [0.29, 0.717) is 27.3 Å². The van der Waals surface area contributed by atoms with Crippen molar-refractivity contribution in [3.63, 3.8) is 0 Å². The molecular weight excluding hydrogens is 432 g/mol. The lowest BCUT2D eigenvalue weighted by Gasteiger charge is -2.36. The minimum absolute atomic E-state index is 0.233. The van der Waals surface area contributed by atoms with Crippen molar-refractivity contribution >= 4 is 39.8 Å². The number of anilines is 1. The second-order valence-electron chi connectivity index (χ2n) is 9.01. The highest BCUT2D eigenvalue weighted by Crippen LogP contribution is 2.45. The van der Waals surface area contributed by atoms with Crippen LogP contribution < -0.4 is 15.8 Å². The maximum absolute atomic E-state index is 12.8. The monoisotopic (exact) mass is 462 g/mol. The lowest BCUT2D eigenvalue weighted by Crippen LogP contribution is -2.31. The van der Waals surface area contributed by atoms with Crippen molar-refractivity contribution < 1.29 is 14.3 Å². The van der Waals surface area contributed by atoms with Gasteiger partial charge in [-0.3, -0.25) is 9.59 Å². The molecular formula is C24H31ClN2O3S. The number of carbonyl (C=O) groups excluding carboxylic acids is 2. The number of halogens is 1. The van der Waals surface area contributed by atoms with Gasteiger partial charge >= 0.3 is 0 Å². The van der Waals surface area contributed by atoms with E-state index in [-0.39, 0.29) is 11.3 Å². The molecule has 1 aromatic heterocycles. The normalized spacial score (nSPS) is 17.0. The Hall–Kier alpha value is -2.05. The quantitative estimate of drug-likeness (QED) is 0.549. The van der Waals surface area contributed by atoms with Crippen molar-refractivity contribution in [2.45, 2.75) is 66.4 Å². The van der Waals surface area contributed by atoms with Crippen LogP contribution in [0.15, 0.2) is 18.2 Å². The summed E-state index contributed by atoms with van der Waals surface area (Å²) in [6, 6.07) is 5.26. The molecule has 0 radical (unpaired) electrons. The zero-order valence-electron chi connectivity index (χ0n) is 18.8. The molecule has 1 aliphatic rings. The summed E-state index contributed by atoms with van der Waals surface area (Å²) in [5.41, 5.74) is 8.25. The third kappa shape index (κ3) is 5.07. The van der Waals surface area contributed by atoms with E-state index in [0.717, 1.165) is 41.7 Å². The molecule has 0 bridgehead atoms. The number of carbonyl (C=O) groups is 2. The molecule has 3 rings (SSSR count). The Bertz CT molecular complexity index is 999. The molecule has 0 saturated carbocycles. The molecule has 7 heteroatoms. The summed E-state index contributed by atoms with van der Waals surface area (Å²) >= 11 is 7.46. The number of hydrogen-bond acceptors (Lipinski definition) is 4. The molecule has 2 atom stereocenters. The Morgan fingerprint density at radius 1 is 1.39 bits per heavy atom. The van der Waals surface area contributed by atoms with Crippen molar-refractivity contribution in [2.24, 2.45) is 17.1 Å². The second kappa shape index (κ2) is 9.21. The van der Waals surface area contributed by atoms with Crippen molar-refractivity contribution in [1.29, 1.82) is 0 Å². The summed E-state index contributed by atoms with van der Waals surface area (Å²) in [4.78, 5) is 26.2. The van der Waals surface area contributed by atoms with E-state index in [1.807, 2.05) is 6.92 Å². The average Bonchev–Trinajstić information content (AvgIpc) is 3.07. The van der Waals surface area contributed by atoms with Crippen molar-refractivity contribution in [1.82, 2.24) is 0 Å². The number of aryl methyl sites for hydroxylation is 1. The number of amides is 2. The van der Waals surface area contributed by atoms with Crippen LogP contribution in [-0.2, 0) is 17.6 Å². The highest BCUT2D eigenvalue weighted by molar-refractivity contribution is 7.17. The molecule has 0 spiro atoms. The van der Waals surface area contributed by atoms with Crippen LogP contribution in [0, 0.1) is 18.3 Å². The number of primary amides is 1. The molecule has 0 aliphatic heterocycles. The van der Waals surface area contributed by atoms with Gasteiger partial charge in [0.15, 0.2) is 6.10 Å². The number of thiophene rings is 1. The molecule has 3 N–H and O–H groups in total. The molecule has 1 aliphatic carbocycles. The van der Waals surface area contributed by atoms with Crippen LogP contribution >= 0.6 is 22.9 Å². The van der Waals surface area contributed by atoms with Gasteiger partial charge in [0.05, 0.1) is 5.56 Å². The first-order chi connectivity index (χ1) is 14.5. The number of benzene rings is 1. The molecule has 5 nitrogen and oxygen atoms in total. The molecule has 1 aromatic carbocycles. The maximum atomic E-state index is 12.8. The number of hydrogen-bond donors (Lipinski definition) is 2. The fourth-order valence-electron chi connectivity index (χ4n) is 4.09. The Kier molecular flexibility index (Phi) is 7.01. The summed E-state index contributed by atoms with van der Waals surface area (Å²) in [7, 11) is 0. The van der Waals surface area contributed by atoms with Gasteiger partial charge in [-0.1, -0.05) is 38.8 Å². The summed E-state index contributed by atoms with van der Waals surface area (Å²) < 4.78 is 5.83.